The van der Waals surface area contributed by atoms with Crippen molar-refractivity contribution in [3.05, 3.63) is 55.7 Å². The van der Waals surface area contributed by atoms with E-state index in [0.717, 1.165) is 15.4 Å². The average molecular weight is 374 g/mol. The van der Waals surface area contributed by atoms with Gasteiger partial charge in [-0.05, 0) is 45.6 Å². The van der Waals surface area contributed by atoms with E-state index in [2.05, 4.69) is 15.9 Å². The summed E-state index contributed by atoms with van der Waals surface area (Å²) in [7, 11) is 0. The highest BCUT2D eigenvalue weighted by Gasteiger charge is 2.08. The van der Waals surface area contributed by atoms with Crippen LogP contribution in [0.5, 0.6) is 5.75 Å². The second-order valence-corrected chi connectivity index (χ2v) is 6.07. The van der Waals surface area contributed by atoms with Gasteiger partial charge in [0.1, 0.15) is 12.4 Å². The predicted octanol–water partition coefficient (Wildman–Crippen LogP) is 4.84. The zero-order valence-electron chi connectivity index (χ0n) is 10.2. The van der Waals surface area contributed by atoms with E-state index in [0.29, 0.717) is 22.9 Å². The van der Waals surface area contributed by atoms with Crippen LogP contribution in [0, 0.1) is 0 Å². The Bertz CT molecular complexity index is 652. The van der Waals surface area contributed by atoms with Gasteiger partial charge in [0.25, 0.3) is 0 Å². The highest BCUT2D eigenvalue weighted by molar-refractivity contribution is 9.10. The maximum atomic E-state index is 10.6. The van der Waals surface area contributed by atoms with Crippen LogP contribution in [0.15, 0.2) is 40.2 Å². The maximum Gasteiger partial charge on any atom is 0.328 e. The van der Waals surface area contributed by atoms with Crippen molar-refractivity contribution in [3.63, 3.8) is 0 Å². The van der Waals surface area contributed by atoms with Crippen molar-refractivity contribution in [1.29, 1.82) is 0 Å². The Hall–Kier alpha value is -1.30. The summed E-state index contributed by atoms with van der Waals surface area (Å²) in [4.78, 5) is 11.7. The highest BCUT2D eigenvalue weighted by atomic mass is 79.9. The third-order valence-corrected chi connectivity index (χ3v) is 4.68. The van der Waals surface area contributed by atoms with Crippen LogP contribution in [-0.2, 0) is 11.4 Å². The van der Waals surface area contributed by atoms with Gasteiger partial charge < -0.3 is 9.84 Å². The Morgan fingerprint density at radius 1 is 1.45 bits per heavy atom. The molecule has 1 aromatic heterocycles. The van der Waals surface area contributed by atoms with E-state index in [1.54, 1.807) is 29.5 Å². The van der Waals surface area contributed by atoms with E-state index in [9.17, 15) is 4.79 Å². The number of rotatable bonds is 5. The lowest BCUT2D eigenvalue weighted by molar-refractivity contribution is -0.131. The Balaban J connectivity index is 2.21. The van der Waals surface area contributed by atoms with Gasteiger partial charge in [-0.1, -0.05) is 17.7 Å². The molecular weight excluding hydrogens is 364 g/mol. The second kappa shape index (κ2) is 6.92. The van der Waals surface area contributed by atoms with E-state index in [4.69, 9.17) is 21.4 Å². The molecule has 0 unspecified atom stereocenters. The molecule has 0 fully saturated rings. The summed E-state index contributed by atoms with van der Waals surface area (Å²) in [5, 5.41) is 11.1. The number of carboxylic acid groups (broad SMARTS) is 1. The van der Waals surface area contributed by atoms with Gasteiger partial charge in [0.2, 0.25) is 0 Å². The first-order valence-corrected chi connectivity index (χ1v) is 7.67. The van der Waals surface area contributed by atoms with Crippen molar-refractivity contribution in [2.24, 2.45) is 0 Å². The smallest absolute Gasteiger partial charge is 0.328 e. The number of carbonyl (C=O) groups is 1. The highest BCUT2D eigenvalue weighted by Crippen LogP contribution is 2.30. The molecule has 1 aromatic carbocycles. The van der Waals surface area contributed by atoms with Crippen molar-refractivity contribution in [2.75, 3.05) is 0 Å². The number of benzene rings is 1. The number of hydrogen-bond acceptors (Lipinski definition) is 3. The summed E-state index contributed by atoms with van der Waals surface area (Å²) >= 11 is 11.1. The Kier molecular flexibility index (Phi) is 5.23. The molecule has 0 saturated carbocycles. The maximum absolute atomic E-state index is 10.6. The minimum atomic E-state index is -1.03. The van der Waals surface area contributed by atoms with E-state index >= 15 is 0 Å². The lowest BCUT2D eigenvalue weighted by Crippen LogP contribution is -1.96. The van der Waals surface area contributed by atoms with Gasteiger partial charge in [0.05, 0.1) is 9.90 Å². The van der Waals surface area contributed by atoms with Crippen LogP contribution in [0.3, 0.4) is 0 Å². The van der Waals surface area contributed by atoms with Crippen molar-refractivity contribution >= 4 is 50.9 Å². The van der Waals surface area contributed by atoms with Crippen LogP contribution in [0.25, 0.3) is 6.08 Å². The molecule has 1 heterocycles. The molecule has 2 rings (SSSR count). The molecule has 0 bridgehead atoms. The zero-order valence-corrected chi connectivity index (χ0v) is 13.3. The molecule has 0 radical (unpaired) electrons. The monoisotopic (exact) mass is 372 g/mol. The van der Waals surface area contributed by atoms with Gasteiger partial charge in [-0.3, -0.25) is 0 Å². The van der Waals surface area contributed by atoms with Crippen molar-refractivity contribution in [2.45, 2.75) is 6.61 Å². The van der Waals surface area contributed by atoms with E-state index in [-0.39, 0.29) is 0 Å². The summed E-state index contributed by atoms with van der Waals surface area (Å²) < 4.78 is 6.72. The molecule has 104 valence electrons. The summed E-state index contributed by atoms with van der Waals surface area (Å²) in [6.45, 7) is 0.395. The van der Waals surface area contributed by atoms with Crippen molar-refractivity contribution in [1.82, 2.24) is 0 Å². The largest absolute Gasteiger partial charge is 0.487 e. The average Bonchev–Trinajstić information content (AvgIpc) is 2.80. The van der Waals surface area contributed by atoms with Crippen LogP contribution in [0.1, 0.15) is 10.4 Å². The molecule has 0 aliphatic rings. The van der Waals surface area contributed by atoms with Crippen LogP contribution in [0.4, 0.5) is 0 Å². The SMILES string of the molecule is O=C(O)/C=C/c1c(Cl)cccc1OCc1sccc1Br. The first-order valence-electron chi connectivity index (χ1n) is 5.62. The van der Waals surface area contributed by atoms with Crippen LogP contribution >= 0.6 is 38.9 Å². The summed E-state index contributed by atoms with van der Waals surface area (Å²) in [5.41, 5.74) is 0.559. The topological polar surface area (TPSA) is 46.5 Å². The lowest BCUT2D eigenvalue weighted by atomic mass is 10.2. The van der Waals surface area contributed by atoms with Gasteiger partial charge in [-0.2, -0.15) is 0 Å². The molecule has 1 N–H and O–H groups in total. The fourth-order valence-electron chi connectivity index (χ4n) is 1.53. The number of aliphatic carboxylic acids is 1. The number of hydrogen-bond donors (Lipinski definition) is 1. The second-order valence-electron chi connectivity index (χ2n) is 3.80. The van der Waals surface area contributed by atoms with Crippen LogP contribution in [-0.4, -0.2) is 11.1 Å². The Morgan fingerprint density at radius 3 is 2.90 bits per heavy atom. The molecule has 6 heteroatoms. The molecule has 0 aliphatic carbocycles. The quantitative estimate of drug-likeness (QED) is 0.763. The summed E-state index contributed by atoms with van der Waals surface area (Å²) in [6.07, 6.45) is 2.47. The zero-order chi connectivity index (χ0) is 14.5. The number of thiophene rings is 1. The van der Waals surface area contributed by atoms with E-state index < -0.39 is 5.97 Å². The molecule has 2 aromatic rings. The molecule has 0 atom stereocenters. The number of carboxylic acids is 1. The molecular formula is C14H10BrClO3S. The standard InChI is InChI=1S/C14H10BrClO3S/c15-10-6-7-20-13(10)8-19-12-3-1-2-11(16)9(12)4-5-14(17)18/h1-7H,8H2,(H,17,18)/b5-4+. The fourth-order valence-corrected chi connectivity index (χ4v) is 3.14. The minimum absolute atomic E-state index is 0.395. The number of ether oxygens (including phenoxy) is 1. The Labute approximate surface area is 133 Å². The van der Waals surface area contributed by atoms with Gasteiger partial charge in [-0.25, -0.2) is 4.79 Å². The fraction of sp³-hybridized carbons (Fsp3) is 0.0714. The van der Waals surface area contributed by atoms with Crippen molar-refractivity contribution in [3.8, 4) is 5.75 Å². The third kappa shape index (κ3) is 3.85. The number of halogens is 2. The molecule has 0 spiro atoms. The lowest BCUT2D eigenvalue weighted by Gasteiger charge is -2.10. The molecule has 3 nitrogen and oxygen atoms in total. The van der Waals surface area contributed by atoms with Crippen LogP contribution < -0.4 is 4.74 Å². The van der Waals surface area contributed by atoms with Gasteiger partial charge in [0, 0.05) is 16.1 Å². The normalized spacial score (nSPS) is 10.9. The third-order valence-electron chi connectivity index (χ3n) is 2.46. The minimum Gasteiger partial charge on any atom is -0.487 e. The van der Waals surface area contributed by atoms with Gasteiger partial charge >= 0.3 is 5.97 Å². The molecule has 0 aliphatic heterocycles. The van der Waals surface area contributed by atoms with Crippen LogP contribution in [0.2, 0.25) is 5.02 Å². The Morgan fingerprint density at radius 2 is 2.25 bits per heavy atom. The molecule has 0 amide bonds. The first-order chi connectivity index (χ1) is 9.58. The summed E-state index contributed by atoms with van der Waals surface area (Å²) in [6, 6.07) is 7.16. The van der Waals surface area contributed by atoms with E-state index in [1.165, 1.54) is 6.08 Å². The van der Waals surface area contributed by atoms with Crippen molar-refractivity contribution < 1.29 is 14.6 Å². The summed E-state index contributed by atoms with van der Waals surface area (Å²) in [5.74, 6) is -0.479. The van der Waals surface area contributed by atoms with E-state index in [1.807, 2.05) is 11.4 Å². The molecule has 20 heavy (non-hydrogen) atoms. The first kappa shape index (κ1) is 15.1. The van der Waals surface area contributed by atoms with Gasteiger partial charge in [0.15, 0.2) is 0 Å². The van der Waals surface area contributed by atoms with Gasteiger partial charge in [-0.15, -0.1) is 11.3 Å². The predicted molar refractivity (Wildman–Crippen MR) is 84.5 cm³/mol. The molecule has 0 saturated heterocycles.